The number of aliphatic hydroxyl groups is 1. The quantitative estimate of drug-likeness (QED) is 0.452. The second-order valence-corrected chi connectivity index (χ2v) is 3.35. The summed E-state index contributed by atoms with van der Waals surface area (Å²) in [6.45, 7) is 2.03. The van der Waals surface area contributed by atoms with Gasteiger partial charge in [-0.3, -0.25) is 4.79 Å². The molecule has 0 aliphatic carbocycles. The minimum absolute atomic E-state index is 0.0431. The standard InChI is InChI=1S/C10H21NO3/c1-2-3-4-5-6-9(11)10(13)14-8-7-12/h9,12H,2-8,11H2,1H3. The van der Waals surface area contributed by atoms with Crippen LogP contribution in [0, 0.1) is 0 Å². The lowest BCUT2D eigenvalue weighted by molar-refractivity contribution is -0.146. The van der Waals surface area contributed by atoms with Crippen molar-refractivity contribution in [1.82, 2.24) is 0 Å². The zero-order valence-corrected chi connectivity index (χ0v) is 8.87. The third-order valence-corrected chi connectivity index (χ3v) is 2.01. The van der Waals surface area contributed by atoms with E-state index in [2.05, 4.69) is 6.92 Å². The second-order valence-electron chi connectivity index (χ2n) is 3.35. The van der Waals surface area contributed by atoms with Gasteiger partial charge < -0.3 is 15.6 Å². The van der Waals surface area contributed by atoms with E-state index in [0.29, 0.717) is 6.42 Å². The van der Waals surface area contributed by atoms with Gasteiger partial charge in [0, 0.05) is 0 Å². The SMILES string of the molecule is CCCCCCC(N)C(=O)OCCO. The number of hydrogen-bond donors (Lipinski definition) is 2. The molecule has 0 aromatic heterocycles. The smallest absolute Gasteiger partial charge is 0.322 e. The number of rotatable bonds is 8. The van der Waals surface area contributed by atoms with Gasteiger partial charge in [-0.05, 0) is 6.42 Å². The first kappa shape index (κ1) is 13.4. The average Bonchev–Trinajstić information content (AvgIpc) is 2.20. The van der Waals surface area contributed by atoms with Crippen molar-refractivity contribution in [3.05, 3.63) is 0 Å². The third-order valence-electron chi connectivity index (χ3n) is 2.01. The largest absolute Gasteiger partial charge is 0.462 e. The molecule has 0 aromatic carbocycles. The van der Waals surface area contributed by atoms with Gasteiger partial charge in [0.25, 0.3) is 0 Å². The predicted octanol–water partition coefficient (Wildman–Crippen LogP) is 0.820. The summed E-state index contributed by atoms with van der Waals surface area (Å²) in [6.07, 6.45) is 5.09. The van der Waals surface area contributed by atoms with Crippen LogP contribution in [-0.4, -0.2) is 30.3 Å². The molecule has 0 saturated carbocycles. The van der Waals surface area contributed by atoms with Crippen molar-refractivity contribution in [3.63, 3.8) is 0 Å². The van der Waals surface area contributed by atoms with Gasteiger partial charge >= 0.3 is 5.97 Å². The Kier molecular flexibility index (Phi) is 8.57. The summed E-state index contributed by atoms with van der Waals surface area (Å²) in [5.74, 6) is -0.407. The molecule has 0 fully saturated rings. The van der Waals surface area contributed by atoms with Crippen molar-refractivity contribution < 1.29 is 14.6 Å². The summed E-state index contributed by atoms with van der Waals surface area (Å²) in [6, 6.07) is -0.529. The summed E-state index contributed by atoms with van der Waals surface area (Å²) in [5, 5.41) is 8.42. The monoisotopic (exact) mass is 203 g/mol. The summed E-state index contributed by atoms with van der Waals surface area (Å²) < 4.78 is 4.70. The lowest BCUT2D eigenvalue weighted by Crippen LogP contribution is -2.32. The van der Waals surface area contributed by atoms with Gasteiger partial charge in [0.1, 0.15) is 12.6 Å². The number of carbonyl (C=O) groups excluding carboxylic acids is 1. The molecular formula is C10H21NO3. The van der Waals surface area contributed by atoms with E-state index >= 15 is 0 Å². The molecule has 14 heavy (non-hydrogen) atoms. The molecule has 0 heterocycles. The molecule has 1 atom stereocenters. The molecule has 0 aromatic rings. The van der Waals surface area contributed by atoms with Crippen molar-refractivity contribution >= 4 is 5.97 Å². The molecule has 0 saturated heterocycles. The zero-order valence-electron chi connectivity index (χ0n) is 8.87. The number of nitrogens with two attached hydrogens (primary N) is 1. The van der Waals surface area contributed by atoms with E-state index in [-0.39, 0.29) is 13.2 Å². The number of unbranched alkanes of at least 4 members (excludes halogenated alkanes) is 3. The number of hydrogen-bond acceptors (Lipinski definition) is 4. The van der Waals surface area contributed by atoms with Crippen LogP contribution in [0.2, 0.25) is 0 Å². The minimum atomic E-state index is -0.529. The molecule has 0 aliphatic rings. The Hall–Kier alpha value is -0.610. The highest BCUT2D eigenvalue weighted by molar-refractivity contribution is 5.75. The maximum atomic E-state index is 11.1. The maximum absolute atomic E-state index is 11.1. The van der Waals surface area contributed by atoms with Gasteiger partial charge in [0.2, 0.25) is 0 Å². The van der Waals surface area contributed by atoms with Crippen LogP contribution in [-0.2, 0) is 9.53 Å². The molecule has 4 heteroatoms. The minimum Gasteiger partial charge on any atom is -0.462 e. The Bertz CT molecular complexity index is 150. The Morgan fingerprint density at radius 1 is 1.43 bits per heavy atom. The Morgan fingerprint density at radius 2 is 2.14 bits per heavy atom. The lowest BCUT2D eigenvalue weighted by atomic mass is 10.1. The summed E-state index contributed by atoms with van der Waals surface area (Å²) in [7, 11) is 0. The first-order valence-electron chi connectivity index (χ1n) is 5.25. The van der Waals surface area contributed by atoms with Crippen LogP contribution in [0.1, 0.15) is 39.0 Å². The van der Waals surface area contributed by atoms with Crippen LogP contribution >= 0.6 is 0 Å². The molecule has 84 valence electrons. The van der Waals surface area contributed by atoms with Crippen molar-refractivity contribution in [1.29, 1.82) is 0 Å². The summed E-state index contributed by atoms with van der Waals surface area (Å²) >= 11 is 0. The Labute approximate surface area is 85.4 Å². The van der Waals surface area contributed by atoms with Gasteiger partial charge in [-0.15, -0.1) is 0 Å². The highest BCUT2D eigenvalue weighted by atomic mass is 16.5. The van der Waals surface area contributed by atoms with Gasteiger partial charge in [0.05, 0.1) is 6.61 Å². The predicted molar refractivity (Wildman–Crippen MR) is 54.8 cm³/mol. The van der Waals surface area contributed by atoms with E-state index < -0.39 is 12.0 Å². The highest BCUT2D eigenvalue weighted by Crippen LogP contribution is 2.05. The van der Waals surface area contributed by atoms with Crippen molar-refractivity contribution in [2.75, 3.05) is 13.2 Å². The van der Waals surface area contributed by atoms with Crippen LogP contribution in [0.3, 0.4) is 0 Å². The molecule has 4 nitrogen and oxygen atoms in total. The fourth-order valence-corrected chi connectivity index (χ4v) is 1.16. The first-order valence-corrected chi connectivity index (χ1v) is 5.25. The molecular weight excluding hydrogens is 182 g/mol. The normalized spacial score (nSPS) is 12.5. The number of esters is 1. The van der Waals surface area contributed by atoms with Crippen molar-refractivity contribution in [3.8, 4) is 0 Å². The summed E-state index contributed by atoms with van der Waals surface area (Å²) in [4.78, 5) is 11.1. The molecule has 0 spiro atoms. The fourth-order valence-electron chi connectivity index (χ4n) is 1.16. The molecule has 0 radical (unpaired) electrons. The van der Waals surface area contributed by atoms with E-state index in [1.54, 1.807) is 0 Å². The molecule has 0 rings (SSSR count). The number of carbonyl (C=O) groups is 1. The van der Waals surface area contributed by atoms with Crippen LogP contribution in [0.5, 0.6) is 0 Å². The van der Waals surface area contributed by atoms with Crippen LogP contribution in [0.25, 0.3) is 0 Å². The van der Waals surface area contributed by atoms with Crippen LogP contribution in [0.4, 0.5) is 0 Å². The van der Waals surface area contributed by atoms with Crippen molar-refractivity contribution in [2.45, 2.75) is 45.1 Å². The molecule has 0 amide bonds. The molecule has 0 bridgehead atoms. The van der Waals surface area contributed by atoms with E-state index in [9.17, 15) is 4.79 Å². The topological polar surface area (TPSA) is 72.6 Å². The Morgan fingerprint density at radius 3 is 2.71 bits per heavy atom. The lowest BCUT2D eigenvalue weighted by Gasteiger charge is -2.10. The number of aliphatic hydroxyl groups excluding tert-OH is 1. The molecule has 1 unspecified atom stereocenters. The van der Waals surface area contributed by atoms with E-state index in [0.717, 1.165) is 12.8 Å². The zero-order chi connectivity index (χ0) is 10.8. The van der Waals surface area contributed by atoms with Crippen LogP contribution in [0.15, 0.2) is 0 Å². The van der Waals surface area contributed by atoms with Gasteiger partial charge in [0.15, 0.2) is 0 Å². The van der Waals surface area contributed by atoms with E-state index in [4.69, 9.17) is 15.6 Å². The van der Waals surface area contributed by atoms with Crippen molar-refractivity contribution in [2.24, 2.45) is 5.73 Å². The van der Waals surface area contributed by atoms with Crippen LogP contribution < -0.4 is 5.73 Å². The summed E-state index contributed by atoms with van der Waals surface area (Å²) in [5.41, 5.74) is 5.58. The third kappa shape index (κ3) is 6.86. The van der Waals surface area contributed by atoms with Gasteiger partial charge in [-0.1, -0.05) is 32.6 Å². The molecule has 0 aliphatic heterocycles. The van der Waals surface area contributed by atoms with Gasteiger partial charge in [-0.2, -0.15) is 0 Å². The first-order chi connectivity index (χ1) is 6.72. The second kappa shape index (κ2) is 8.97. The highest BCUT2D eigenvalue weighted by Gasteiger charge is 2.13. The number of ether oxygens (including phenoxy) is 1. The van der Waals surface area contributed by atoms with E-state index in [1.807, 2.05) is 0 Å². The van der Waals surface area contributed by atoms with Gasteiger partial charge in [-0.25, -0.2) is 0 Å². The molecule has 3 N–H and O–H groups in total. The fraction of sp³-hybridized carbons (Fsp3) is 0.900. The van der Waals surface area contributed by atoms with E-state index in [1.165, 1.54) is 12.8 Å². The Balaban J connectivity index is 3.42. The maximum Gasteiger partial charge on any atom is 0.322 e. The average molecular weight is 203 g/mol.